The minimum atomic E-state index is 0.144. The van der Waals surface area contributed by atoms with Crippen molar-refractivity contribution < 1.29 is 5.11 Å². The van der Waals surface area contributed by atoms with Gasteiger partial charge in [0.1, 0.15) is 0 Å². The number of nitrogens with zero attached hydrogens (tertiary/aromatic N) is 1. The molecule has 1 aliphatic heterocycles. The molecule has 1 saturated heterocycles. The fourth-order valence-electron chi connectivity index (χ4n) is 5.28. The summed E-state index contributed by atoms with van der Waals surface area (Å²) in [6, 6.07) is 17.9. The van der Waals surface area contributed by atoms with Crippen LogP contribution >= 0.6 is 0 Å². The van der Waals surface area contributed by atoms with Crippen LogP contribution in [0.2, 0.25) is 0 Å². The molecule has 2 aliphatic rings. The molecule has 1 heterocycles. The molecule has 0 unspecified atom stereocenters. The molecule has 1 aliphatic carbocycles. The molecule has 0 aromatic heterocycles. The molecule has 2 heteroatoms. The Morgan fingerprint density at radius 2 is 1.80 bits per heavy atom. The van der Waals surface area contributed by atoms with E-state index in [1.807, 2.05) is 0 Å². The molecule has 1 fully saturated rings. The van der Waals surface area contributed by atoms with E-state index >= 15 is 0 Å². The number of aliphatic hydroxyl groups is 1. The van der Waals surface area contributed by atoms with Gasteiger partial charge >= 0.3 is 0 Å². The second kappa shape index (κ2) is 5.96. The summed E-state index contributed by atoms with van der Waals surface area (Å²) < 4.78 is 0. The Labute approximate surface area is 151 Å². The Kier molecular flexibility index (Phi) is 4.01. The lowest BCUT2D eigenvalue weighted by Gasteiger charge is -2.61. The topological polar surface area (TPSA) is 23.5 Å². The van der Waals surface area contributed by atoms with Crippen LogP contribution < -0.4 is 0 Å². The summed E-state index contributed by atoms with van der Waals surface area (Å²) in [5, 5.41) is 9.86. The monoisotopic (exact) mass is 335 g/mol. The number of hydrogen-bond donors (Lipinski definition) is 1. The number of aliphatic hydroxyl groups excluding tert-OH is 1. The van der Waals surface area contributed by atoms with Gasteiger partial charge in [-0.3, -0.25) is 4.90 Å². The van der Waals surface area contributed by atoms with Crippen molar-refractivity contribution >= 4 is 0 Å². The number of benzene rings is 2. The van der Waals surface area contributed by atoms with Crippen LogP contribution in [-0.4, -0.2) is 22.6 Å². The smallest absolute Gasteiger partial charge is 0.0684 e. The van der Waals surface area contributed by atoms with Gasteiger partial charge in [0.05, 0.1) is 6.61 Å². The summed E-state index contributed by atoms with van der Waals surface area (Å²) in [6.07, 6.45) is 2.21. The number of likely N-dealkylation sites (tertiary alicyclic amines) is 1. The Bertz CT molecular complexity index is 767. The van der Waals surface area contributed by atoms with Crippen LogP contribution in [0.25, 0.3) is 0 Å². The van der Waals surface area contributed by atoms with Gasteiger partial charge in [0.25, 0.3) is 0 Å². The van der Waals surface area contributed by atoms with E-state index in [-0.39, 0.29) is 17.4 Å². The largest absolute Gasteiger partial charge is 0.392 e. The van der Waals surface area contributed by atoms with Crippen molar-refractivity contribution in [2.24, 2.45) is 5.41 Å². The Balaban J connectivity index is 1.76. The van der Waals surface area contributed by atoms with E-state index in [1.165, 1.54) is 23.1 Å². The van der Waals surface area contributed by atoms with Gasteiger partial charge in [-0.1, -0.05) is 69.3 Å². The zero-order valence-electron chi connectivity index (χ0n) is 15.6. The molecule has 2 aromatic rings. The van der Waals surface area contributed by atoms with Crippen molar-refractivity contribution in [1.82, 2.24) is 4.90 Å². The van der Waals surface area contributed by atoms with Gasteiger partial charge in [-0.2, -0.15) is 0 Å². The van der Waals surface area contributed by atoms with Crippen LogP contribution in [-0.2, 0) is 25.0 Å². The fourth-order valence-corrected chi connectivity index (χ4v) is 5.28. The Morgan fingerprint density at radius 1 is 1.04 bits per heavy atom. The highest BCUT2D eigenvalue weighted by atomic mass is 16.3. The molecular weight excluding hydrogens is 306 g/mol. The van der Waals surface area contributed by atoms with Gasteiger partial charge in [-0.05, 0) is 47.1 Å². The highest BCUT2D eigenvalue weighted by Crippen LogP contribution is 2.56. The van der Waals surface area contributed by atoms with E-state index < -0.39 is 0 Å². The summed E-state index contributed by atoms with van der Waals surface area (Å²) in [4.78, 5) is 2.67. The predicted molar refractivity (Wildman–Crippen MR) is 102 cm³/mol. The molecule has 2 nitrogen and oxygen atoms in total. The molecule has 0 spiro atoms. The van der Waals surface area contributed by atoms with E-state index in [1.54, 1.807) is 0 Å². The van der Waals surface area contributed by atoms with Gasteiger partial charge in [-0.25, -0.2) is 0 Å². The lowest BCUT2D eigenvalue weighted by Crippen LogP contribution is -2.63. The van der Waals surface area contributed by atoms with E-state index in [2.05, 4.69) is 74.2 Å². The van der Waals surface area contributed by atoms with Crippen molar-refractivity contribution in [3.63, 3.8) is 0 Å². The summed E-state index contributed by atoms with van der Waals surface area (Å²) >= 11 is 0. The maximum atomic E-state index is 9.86. The molecule has 4 rings (SSSR count). The van der Waals surface area contributed by atoms with Crippen LogP contribution in [0.15, 0.2) is 48.5 Å². The lowest BCUT2D eigenvalue weighted by atomic mass is 9.50. The van der Waals surface area contributed by atoms with Crippen molar-refractivity contribution in [3.05, 3.63) is 70.8 Å². The maximum absolute atomic E-state index is 9.86. The third-order valence-electron chi connectivity index (χ3n) is 7.26. The number of hydrogen-bond acceptors (Lipinski definition) is 2. The molecule has 0 radical (unpaired) electrons. The normalized spacial score (nSPS) is 27.8. The number of piperidine rings is 1. The standard InChI is InChI=1S/C23H29NO/c1-22(2)21-14-19-18(16-25)10-7-11-20(19)23(22,3)12-13-24(21)15-17-8-5-4-6-9-17/h4-11,21,25H,12-16H2,1-3H3/t21-,23-/m0/s1. The van der Waals surface area contributed by atoms with Crippen LogP contribution in [0.5, 0.6) is 0 Å². The SMILES string of the molecule is CC1(C)[C@@H]2Cc3c(CO)cccc3[C@]1(C)CCN2Cc1ccccc1. The molecule has 0 amide bonds. The molecule has 2 aromatic carbocycles. The van der Waals surface area contributed by atoms with E-state index in [0.29, 0.717) is 6.04 Å². The molecule has 0 saturated carbocycles. The summed E-state index contributed by atoms with van der Waals surface area (Å²) in [5.41, 5.74) is 5.76. The number of fused-ring (bicyclic) bond motifs is 4. The van der Waals surface area contributed by atoms with Gasteiger partial charge in [0.2, 0.25) is 0 Å². The second-order valence-corrected chi connectivity index (χ2v) is 8.58. The van der Waals surface area contributed by atoms with Crippen LogP contribution in [0.4, 0.5) is 0 Å². The predicted octanol–water partition coefficient (Wildman–Crippen LogP) is 4.29. The lowest BCUT2D eigenvalue weighted by molar-refractivity contribution is -0.0425. The summed E-state index contributed by atoms with van der Waals surface area (Å²) in [6.45, 7) is 9.64. The van der Waals surface area contributed by atoms with Gasteiger partial charge < -0.3 is 5.11 Å². The highest BCUT2D eigenvalue weighted by Gasteiger charge is 2.55. The summed E-state index contributed by atoms with van der Waals surface area (Å²) in [5.74, 6) is 0. The van der Waals surface area contributed by atoms with Crippen molar-refractivity contribution in [1.29, 1.82) is 0 Å². The first-order chi connectivity index (χ1) is 12.0. The van der Waals surface area contributed by atoms with Crippen LogP contribution in [0.1, 0.15) is 49.4 Å². The second-order valence-electron chi connectivity index (χ2n) is 8.58. The molecule has 2 atom stereocenters. The quantitative estimate of drug-likeness (QED) is 0.904. The fraction of sp³-hybridized carbons (Fsp3) is 0.478. The van der Waals surface area contributed by atoms with Gasteiger partial charge in [-0.15, -0.1) is 0 Å². The van der Waals surface area contributed by atoms with Crippen LogP contribution in [0, 0.1) is 5.41 Å². The minimum absolute atomic E-state index is 0.144. The third kappa shape index (κ3) is 2.46. The highest BCUT2D eigenvalue weighted by molar-refractivity contribution is 5.46. The average molecular weight is 335 g/mol. The van der Waals surface area contributed by atoms with Crippen molar-refractivity contribution in [2.75, 3.05) is 6.54 Å². The maximum Gasteiger partial charge on any atom is 0.0684 e. The van der Waals surface area contributed by atoms with Crippen LogP contribution in [0.3, 0.4) is 0 Å². The Hall–Kier alpha value is -1.64. The van der Waals surface area contributed by atoms with Crippen molar-refractivity contribution in [3.8, 4) is 0 Å². The minimum Gasteiger partial charge on any atom is -0.392 e. The molecule has 25 heavy (non-hydrogen) atoms. The first kappa shape index (κ1) is 16.8. The molecular formula is C23H29NO. The average Bonchev–Trinajstić information content (AvgIpc) is 2.61. The van der Waals surface area contributed by atoms with E-state index in [4.69, 9.17) is 0 Å². The van der Waals surface area contributed by atoms with E-state index in [0.717, 1.165) is 25.1 Å². The van der Waals surface area contributed by atoms with Gasteiger partial charge in [0, 0.05) is 18.0 Å². The first-order valence-electron chi connectivity index (χ1n) is 9.47. The molecule has 1 N–H and O–H groups in total. The first-order valence-corrected chi connectivity index (χ1v) is 9.47. The van der Waals surface area contributed by atoms with E-state index in [9.17, 15) is 5.11 Å². The molecule has 132 valence electrons. The number of rotatable bonds is 3. The Morgan fingerprint density at radius 3 is 2.52 bits per heavy atom. The summed E-state index contributed by atoms with van der Waals surface area (Å²) in [7, 11) is 0. The molecule has 2 bridgehead atoms. The zero-order valence-corrected chi connectivity index (χ0v) is 15.6. The zero-order chi connectivity index (χ0) is 17.7. The third-order valence-corrected chi connectivity index (χ3v) is 7.26. The van der Waals surface area contributed by atoms with Crippen molar-refractivity contribution in [2.45, 2.75) is 58.2 Å². The van der Waals surface area contributed by atoms with Gasteiger partial charge in [0.15, 0.2) is 0 Å².